The van der Waals surface area contributed by atoms with Gasteiger partial charge in [-0.15, -0.1) is 0 Å². The minimum atomic E-state index is -0.567. The third-order valence-electron chi connectivity index (χ3n) is 3.90. The largest absolute Gasteiger partial charge is 0.507 e. The molecule has 3 aromatic carbocycles. The first-order chi connectivity index (χ1) is 11.7. The van der Waals surface area contributed by atoms with Crippen LogP contribution < -0.4 is 10.4 Å². The molecule has 0 radical (unpaired) electrons. The fourth-order valence-electron chi connectivity index (χ4n) is 2.70. The van der Waals surface area contributed by atoms with E-state index in [0.717, 1.165) is 28.2 Å². The molecule has 0 atom stereocenters. The van der Waals surface area contributed by atoms with Crippen LogP contribution in [0.4, 0.5) is 0 Å². The molecule has 24 heavy (non-hydrogen) atoms. The molecule has 0 bridgehead atoms. The van der Waals surface area contributed by atoms with Gasteiger partial charge in [-0.2, -0.15) is 0 Å². The van der Waals surface area contributed by atoms with Crippen LogP contribution in [0, 0.1) is 0 Å². The van der Waals surface area contributed by atoms with Gasteiger partial charge in [-0.3, -0.25) is 0 Å². The maximum Gasteiger partial charge on any atom is 0.339 e. The molecule has 4 heteroatoms. The van der Waals surface area contributed by atoms with Gasteiger partial charge in [0.2, 0.25) is 0 Å². The summed E-state index contributed by atoms with van der Waals surface area (Å²) >= 11 is 0. The second-order valence-corrected chi connectivity index (χ2v) is 5.58. The lowest BCUT2D eigenvalue weighted by molar-refractivity contribution is 0.306. The van der Waals surface area contributed by atoms with E-state index in [1.165, 1.54) is 0 Å². The lowest BCUT2D eigenvalue weighted by atomic mass is 10.1. The standard InChI is InChI=1S/C20H14O4/c21-18-11-20(22)24-19-10-14-6-7-16(8-15(14)9-17(18)19)23-12-13-4-2-1-3-5-13/h1-11,21H,12H2. The van der Waals surface area contributed by atoms with Gasteiger partial charge in [0.25, 0.3) is 0 Å². The van der Waals surface area contributed by atoms with E-state index in [1.807, 2.05) is 48.5 Å². The Kier molecular flexibility index (Phi) is 3.43. The Morgan fingerprint density at radius 1 is 0.917 bits per heavy atom. The molecule has 1 N–H and O–H groups in total. The van der Waals surface area contributed by atoms with Crippen LogP contribution in [0.2, 0.25) is 0 Å². The summed E-state index contributed by atoms with van der Waals surface area (Å²) in [4.78, 5) is 11.4. The van der Waals surface area contributed by atoms with Crippen molar-refractivity contribution in [3.63, 3.8) is 0 Å². The van der Waals surface area contributed by atoms with Crippen LogP contribution in [-0.4, -0.2) is 5.11 Å². The topological polar surface area (TPSA) is 59.7 Å². The zero-order valence-corrected chi connectivity index (χ0v) is 12.7. The lowest BCUT2D eigenvalue weighted by Gasteiger charge is -2.08. The molecular formula is C20H14O4. The zero-order chi connectivity index (χ0) is 16.5. The first kappa shape index (κ1) is 14.3. The number of ether oxygens (including phenoxy) is 1. The first-order valence-electron chi connectivity index (χ1n) is 7.56. The third-order valence-corrected chi connectivity index (χ3v) is 3.90. The van der Waals surface area contributed by atoms with Crippen molar-refractivity contribution < 1.29 is 14.3 Å². The Hall–Kier alpha value is -3.27. The number of aromatic hydroxyl groups is 1. The van der Waals surface area contributed by atoms with Crippen molar-refractivity contribution in [2.75, 3.05) is 0 Å². The Labute approximate surface area is 137 Å². The highest BCUT2D eigenvalue weighted by Crippen LogP contribution is 2.30. The molecule has 0 aliphatic carbocycles. The van der Waals surface area contributed by atoms with Gasteiger partial charge in [0, 0.05) is 0 Å². The monoisotopic (exact) mass is 318 g/mol. The summed E-state index contributed by atoms with van der Waals surface area (Å²) in [5.41, 5.74) is 0.892. The quantitative estimate of drug-likeness (QED) is 0.453. The molecule has 0 saturated heterocycles. The van der Waals surface area contributed by atoms with E-state index in [-0.39, 0.29) is 5.75 Å². The summed E-state index contributed by atoms with van der Waals surface area (Å²) < 4.78 is 11.0. The molecule has 0 fully saturated rings. The zero-order valence-electron chi connectivity index (χ0n) is 12.7. The minimum Gasteiger partial charge on any atom is -0.507 e. The van der Waals surface area contributed by atoms with E-state index in [1.54, 1.807) is 12.1 Å². The summed E-state index contributed by atoms with van der Waals surface area (Å²) in [5, 5.41) is 12.2. The Balaban J connectivity index is 1.72. The highest BCUT2D eigenvalue weighted by Gasteiger charge is 2.07. The van der Waals surface area contributed by atoms with Crippen molar-refractivity contribution in [2.24, 2.45) is 0 Å². The van der Waals surface area contributed by atoms with E-state index >= 15 is 0 Å². The Morgan fingerprint density at radius 2 is 1.75 bits per heavy atom. The Bertz CT molecular complexity index is 1080. The molecule has 4 nitrogen and oxygen atoms in total. The summed E-state index contributed by atoms with van der Waals surface area (Å²) in [6.45, 7) is 0.486. The fraction of sp³-hybridized carbons (Fsp3) is 0.0500. The number of fused-ring (bicyclic) bond motifs is 2. The van der Waals surface area contributed by atoms with Gasteiger partial charge in [0.1, 0.15) is 23.7 Å². The Morgan fingerprint density at radius 3 is 2.58 bits per heavy atom. The van der Waals surface area contributed by atoms with Crippen molar-refractivity contribution in [1.82, 2.24) is 0 Å². The van der Waals surface area contributed by atoms with Gasteiger partial charge < -0.3 is 14.3 Å². The molecule has 0 aliphatic rings. The summed E-state index contributed by atoms with van der Waals surface area (Å²) in [7, 11) is 0. The van der Waals surface area contributed by atoms with Crippen LogP contribution in [0.15, 0.2) is 75.9 Å². The number of hydrogen-bond donors (Lipinski definition) is 1. The van der Waals surface area contributed by atoms with Crippen molar-refractivity contribution in [3.05, 3.63) is 82.7 Å². The lowest BCUT2D eigenvalue weighted by Crippen LogP contribution is -1.96. The molecule has 0 amide bonds. The smallest absolute Gasteiger partial charge is 0.339 e. The summed E-state index contributed by atoms with van der Waals surface area (Å²) in [6.07, 6.45) is 0. The number of benzene rings is 3. The fourth-order valence-corrected chi connectivity index (χ4v) is 2.70. The minimum absolute atomic E-state index is 0.0845. The molecule has 4 rings (SSSR count). The second-order valence-electron chi connectivity index (χ2n) is 5.58. The van der Waals surface area contributed by atoms with Gasteiger partial charge in [0.15, 0.2) is 0 Å². The number of hydrogen-bond acceptors (Lipinski definition) is 4. The van der Waals surface area contributed by atoms with E-state index in [9.17, 15) is 9.90 Å². The number of rotatable bonds is 3. The molecule has 4 aromatic rings. The van der Waals surface area contributed by atoms with Crippen molar-refractivity contribution >= 4 is 21.7 Å². The summed E-state index contributed by atoms with van der Waals surface area (Å²) in [5.74, 6) is 0.654. The van der Waals surface area contributed by atoms with E-state index in [0.29, 0.717) is 17.6 Å². The highest BCUT2D eigenvalue weighted by atomic mass is 16.5. The molecule has 1 heterocycles. The van der Waals surface area contributed by atoms with Gasteiger partial charge >= 0.3 is 5.63 Å². The van der Waals surface area contributed by atoms with Gasteiger partial charge in [-0.05, 0) is 40.6 Å². The molecule has 0 saturated carbocycles. The molecule has 0 aliphatic heterocycles. The molecule has 118 valence electrons. The normalized spacial score (nSPS) is 11.0. The molecule has 1 aromatic heterocycles. The average Bonchev–Trinajstić information content (AvgIpc) is 2.59. The molecular weight excluding hydrogens is 304 g/mol. The molecule has 0 unspecified atom stereocenters. The second kappa shape index (κ2) is 5.74. The van der Waals surface area contributed by atoms with Crippen molar-refractivity contribution in [3.8, 4) is 11.5 Å². The van der Waals surface area contributed by atoms with E-state index in [2.05, 4.69) is 0 Å². The first-order valence-corrected chi connectivity index (χ1v) is 7.56. The third kappa shape index (κ3) is 2.70. The predicted octanol–water partition coefficient (Wildman–Crippen LogP) is 4.23. The SMILES string of the molecule is O=c1cc(O)c2cc3cc(OCc4ccccc4)ccc3cc2o1. The van der Waals surface area contributed by atoms with Gasteiger partial charge in [0.05, 0.1) is 11.5 Å². The maximum absolute atomic E-state index is 11.4. The van der Waals surface area contributed by atoms with Crippen LogP contribution >= 0.6 is 0 Å². The van der Waals surface area contributed by atoms with E-state index in [4.69, 9.17) is 9.15 Å². The predicted molar refractivity (Wildman–Crippen MR) is 92.4 cm³/mol. The van der Waals surface area contributed by atoms with Crippen LogP contribution in [0.1, 0.15) is 5.56 Å². The van der Waals surface area contributed by atoms with Crippen LogP contribution in [0.3, 0.4) is 0 Å². The van der Waals surface area contributed by atoms with Crippen molar-refractivity contribution in [1.29, 1.82) is 0 Å². The van der Waals surface area contributed by atoms with Crippen LogP contribution in [-0.2, 0) is 6.61 Å². The van der Waals surface area contributed by atoms with Crippen molar-refractivity contribution in [2.45, 2.75) is 6.61 Å². The van der Waals surface area contributed by atoms with E-state index < -0.39 is 5.63 Å². The average molecular weight is 318 g/mol. The van der Waals surface area contributed by atoms with Gasteiger partial charge in [-0.25, -0.2) is 4.79 Å². The van der Waals surface area contributed by atoms with Crippen LogP contribution in [0.5, 0.6) is 11.5 Å². The summed E-state index contributed by atoms with van der Waals surface area (Å²) in [6, 6.07) is 20.2. The maximum atomic E-state index is 11.4. The van der Waals surface area contributed by atoms with Crippen LogP contribution in [0.25, 0.3) is 21.7 Å². The highest BCUT2D eigenvalue weighted by molar-refractivity contribution is 5.98. The van der Waals surface area contributed by atoms with Gasteiger partial charge in [-0.1, -0.05) is 36.4 Å². The molecule has 0 spiro atoms.